The number of aromatic nitrogens is 1. The lowest BCUT2D eigenvalue weighted by atomic mass is 10.0. The predicted octanol–water partition coefficient (Wildman–Crippen LogP) is 3.77. The van der Waals surface area contributed by atoms with Crippen molar-refractivity contribution in [3.05, 3.63) is 76.8 Å². The molecule has 5 rings (SSSR count). The van der Waals surface area contributed by atoms with Gasteiger partial charge < -0.3 is 14.8 Å². The highest BCUT2D eigenvalue weighted by molar-refractivity contribution is 7.89. The van der Waals surface area contributed by atoms with E-state index in [2.05, 4.69) is 21.1 Å². The Hall–Kier alpha value is -3.98. The molecule has 2 N–H and O–H groups in total. The Morgan fingerprint density at radius 2 is 2.08 bits per heavy atom. The van der Waals surface area contributed by atoms with Gasteiger partial charge in [0.15, 0.2) is 6.61 Å². The summed E-state index contributed by atoms with van der Waals surface area (Å²) in [5.74, 6) is 0.721. The fourth-order valence-electron chi connectivity index (χ4n) is 3.87. The summed E-state index contributed by atoms with van der Waals surface area (Å²) in [5.41, 5.74) is 2.28. The number of rotatable bonds is 7. The summed E-state index contributed by atoms with van der Waals surface area (Å²) in [6.07, 6.45) is 0.274. The van der Waals surface area contributed by atoms with Crippen LogP contribution in [0.3, 0.4) is 0 Å². The molecular formula is C25H20N4O5S2. The van der Waals surface area contributed by atoms with Gasteiger partial charge in [-0.2, -0.15) is 5.26 Å². The van der Waals surface area contributed by atoms with Crippen LogP contribution in [0, 0.1) is 11.3 Å². The number of amides is 1. The molecule has 1 aliphatic rings. The highest BCUT2D eigenvalue weighted by atomic mass is 32.2. The molecule has 0 fully saturated rings. The van der Waals surface area contributed by atoms with Crippen molar-refractivity contribution in [1.82, 2.24) is 9.71 Å². The molecule has 9 nitrogen and oxygen atoms in total. The van der Waals surface area contributed by atoms with Crippen LogP contribution in [0.5, 0.6) is 11.5 Å². The van der Waals surface area contributed by atoms with Gasteiger partial charge in [-0.15, -0.1) is 11.3 Å². The van der Waals surface area contributed by atoms with Gasteiger partial charge in [0.05, 0.1) is 45.6 Å². The van der Waals surface area contributed by atoms with E-state index >= 15 is 0 Å². The molecule has 0 spiro atoms. The molecule has 2 heterocycles. The highest BCUT2D eigenvalue weighted by Crippen LogP contribution is 2.34. The summed E-state index contributed by atoms with van der Waals surface area (Å²) >= 11 is 1.36. The Balaban J connectivity index is 1.52. The van der Waals surface area contributed by atoms with E-state index in [-0.39, 0.29) is 23.8 Å². The normalized spacial score (nSPS) is 13.8. The molecule has 1 atom stereocenters. The van der Waals surface area contributed by atoms with Gasteiger partial charge in [0, 0.05) is 0 Å². The van der Waals surface area contributed by atoms with Gasteiger partial charge in [-0.1, -0.05) is 12.1 Å². The zero-order valence-corrected chi connectivity index (χ0v) is 20.7. The second-order valence-corrected chi connectivity index (χ2v) is 10.8. The van der Waals surface area contributed by atoms with Gasteiger partial charge in [-0.3, -0.25) is 4.79 Å². The number of carbonyl (C=O) groups excluding carboxylic acids is 1. The maximum absolute atomic E-state index is 13.5. The molecule has 1 unspecified atom stereocenters. The fraction of sp³-hybridized carbons (Fsp3) is 0.160. The minimum Gasteiger partial charge on any atom is -0.497 e. The number of hydrogen-bond donors (Lipinski definition) is 2. The van der Waals surface area contributed by atoms with Gasteiger partial charge in [-0.25, -0.2) is 18.1 Å². The maximum atomic E-state index is 13.5. The zero-order valence-electron chi connectivity index (χ0n) is 19.0. The molecule has 36 heavy (non-hydrogen) atoms. The van der Waals surface area contributed by atoms with Crippen LogP contribution >= 0.6 is 11.3 Å². The Kier molecular flexibility index (Phi) is 6.32. The molecule has 3 aromatic carbocycles. The van der Waals surface area contributed by atoms with Crippen LogP contribution in [0.2, 0.25) is 0 Å². The van der Waals surface area contributed by atoms with Crippen molar-refractivity contribution in [3.63, 3.8) is 0 Å². The number of sulfonamides is 1. The standard InChI is InChI=1S/C25H20N4O5S2/c1-33-17-5-7-19-23(11-17)35-25(28-19)21(10-15-3-2-4-16(9-15)13-26)29-36(31,32)18-6-8-22-20(12-18)27-24(30)14-34-22/h2-9,11-12,21,29H,10,14H2,1H3,(H,27,30). The molecule has 11 heteroatoms. The fourth-order valence-corrected chi connectivity index (χ4v) is 6.21. The summed E-state index contributed by atoms with van der Waals surface area (Å²) in [5, 5.41) is 12.5. The predicted molar refractivity (Wildman–Crippen MR) is 135 cm³/mol. The van der Waals surface area contributed by atoms with E-state index in [1.54, 1.807) is 31.4 Å². The van der Waals surface area contributed by atoms with E-state index < -0.39 is 16.1 Å². The van der Waals surface area contributed by atoms with Crippen LogP contribution in [-0.2, 0) is 21.2 Å². The minimum absolute atomic E-state index is 0.0226. The molecule has 182 valence electrons. The van der Waals surface area contributed by atoms with Gasteiger partial charge >= 0.3 is 0 Å². The molecule has 0 saturated heterocycles. The summed E-state index contributed by atoms with van der Waals surface area (Å²) in [6.45, 7) is -0.121. The Bertz CT molecular complexity index is 1630. The molecule has 0 saturated carbocycles. The van der Waals surface area contributed by atoms with Crippen molar-refractivity contribution in [2.45, 2.75) is 17.4 Å². The number of carbonyl (C=O) groups is 1. The van der Waals surface area contributed by atoms with Crippen molar-refractivity contribution >= 4 is 43.2 Å². The van der Waals surface area contributed by atoms with Crippen LogP contribution < -0.4 is 19.5 Å². The third-order valence-electron chi connectivity index (χ3n) is 5.60. The van der Waals surface area contributed by atoms with Gasteiger partial charge in [-0.05, 0) is 60.5 Å². The quantitative estimate of drug-likeness (QED) is 0.379. The molecule has 1 aromatic heterocycles. The van der Waals surface area contributed by atoms with Gasteiger partial charge in [0.25, 0.3) is 5.91 Å². The van der Waals surface area contributed by atoms with Crippen LogP contribution in [0.15, 0.2) is 65.6 Å². The van der Waals surface area contributed by atoms with Crippen molar-refractivity contribution in [2.75, 3.05) is 19.0 Å². The summed E-state index contributed by atoms with van der Waals surface area (Å²) in [7, 11) is -2.45. The average molecular weight is 521 g/mol. The third-order valence-corrected chi connectivity index (χ3v) is 8.20. The Morgan fingerprint density at radius 3 is 2.89 bits per heavy atom. The number of nitrogens with zero attached hydrogens (tertiary/aromatic N) is 2. The second-order valence-electron chi connectivity index (χ2n) is 8.07. The maximum Gasteiger partial charge on any atom is 0.262 e. The van der Waals surface area contributed by atoms with E-state index in [9.17, 15) is 18.5 Å². The SMILES string of the molecule is COc1ccc2nc(C(Cc3cccc(C#N)c3)NS(=O)(=O)c3ccc4c(c3)NC(=O)CO4)sc2c1. The second kappa shape index (κ2) is 9.58. The van der Waals surface area contributed by atoms with Crippen LogP contribution in [0.25, 0.3) is 10.2 Å². The number of nitriles is 1. The third kappa shape index (κ3) is 4.87. The lowest BCUT2D eigenvalue weighted by molar-refractivity contribution is -0.118. The topological polar surface area (TPSA) is 130 Å². The molecular weight excluding hydrogens is 500 g/mol. The average Bonchev–Trinajstić information content (AvgIpc) is 3.31. The molecule has 0 aliphatic carbocycles. The van der Waals surface area contributed by atoms with E-state index in [1.807, 2.05) is 18.2 Å². The van der Waals surface area contributed by atoms with E-state index in [1.165, 1.54) is 29.5 Å². The molecule has 4 aromatic rings. The van der Waals surface area contributed by atoms with Crippen molar-refractivity contribution in [1.29, 1.82) is 5.26 Å². The van der Waals surface area contributed by atoms with Crippen LogP contribution in [-0.4, -0.2) is 33.0 Å². The number of anilines is 1. The van der Waals surface area contributed by atoms with Crippen molar-refractivity contribution < 1.29 is 22.7 Å². The highest BCUT2D eigenvalue weighted by Gasteiger charge is 2.27. The molecule has 0 radical (unpaired) electrons. The zero-order chi connectivity index (χ0) is 25.3. The number of methoxy groups -OCH3 is 1. The van der Waals surface area contributed by atoms with E-state index in [0.29, 0.717) is 27.8 Å². The van der Waals surface area contributed by atoms with E-state index in [0.717, 1.165) is 15.8 Å². The first-order chi connectivity index (χ1) is 17.3. The summed E-state index contributed by atoms with van der Waals surface area (Å²) < 4.78 is 41.2. The largest absolute Gasteiger partial charge is 0.497 e. The smallest absolute Gasteiger partial charge is 0.262 e. The summed E-state index contributed by atoms with van der Waals surface area (Å²) in [6, 6.07) is 18.2. The lowest BCUT2D eigenvalue weighted by Gasteiger charge is -2.20. The Labute approximate surface area is 211 Å². The van der Waals surface area contributed by atoms with Crippen LogP contribution in [0.4, 0.5) is 5.69 Å². The van der Waals surface area contributed by atoms with Crippen molar-refractivity contribution in [3.8, 4) is 17.6 Å². The number of ether oxygens (including phenoxy) is 2. The monoisotopic (exact) mass is 520 g/mol. The number of hydrogen-bond acceptors (Lipinski definition) is 8. The number of nitrogens with one attached hydrogen (secondary N) is 2. The van der Waals surface area contributed by atoms with Crippen LogP contribution in [0.1, 0.15) is 22.2 Å². The summed E-state index contributed by atoms with van der Waals surface area (Å²) in [4.78, 5) is 16.4. The number of benzene rings is 3. The minimum atomic E-state index is -4.02. The number of thiazole rings is 1. The first-order valence-electron chi connectivity index (χ1n) is 10.9. The van der Waals surface area contributed by atoms with Gasteiger partial charge in [0.1, 0.15) is 16.5 Å². The molecule has 1 amide bonds. The first kappa shape index (κ1) is 23.7. The molecule has 1 aliphatic heterocycles. The first-order valence-corrected chi connectivity index (χ1v) is 13.2. The van der Waals surface area contributed by atoms with E-state index in [4.69, 9.17) is 9.47 Å². The van der Waals surface area contributed by atoms with Crippen molar-refractivity contribution in [2.24, 2.45) is 0 Å². The Morgan fingerprint density at radius 1 is 1.22 bits per heavy atom. The number of fused-ring (bicyclic) bond motifs is 2. The van der Waals surface area contributed by atoms with Gasteiger partial charge in [0.2, 0.25) is 10.0 Å². The molecule has 0 bridgehead atoms. The lowest BCUT2D eigenvalue weighted by Crippen LogP contribution is -2.30.